The molecule has 0 radical (unpaired) electrons. The van der Waals surface area contributed by atoms with E-state index in [4.69, 9.17) is 6.57 Å². The van der Waals surface area contributed by atoms with Crippen LogP contribution in [-0.2, 0) is 24.6 Å². The maximum absolute atomic E-state index is 13.8. The van der Waals surface area contributed by atoms with Crippen molar-refractivity contribution in [1.82, 2.24) is 15.1 Å². The zero-order valence-corrected chi connectivity index (χ0v) is 19.1. The maximum Gasteiger partial charge on any atom is 0.302 e. The van der Waals surface area contributed by atoms with Crippen LogP contribution in [0.3, 0.4) is 0 Å². The fourth-order valence-corrected chi connectivity index (χ4v) is 5.35. The molecule has 2 N–H and O–H groups in total. The lowest BCUT2D eigenvalue weighted by Crippen LogP contribution is -2.53. The minimum absolute atomic E-state index is 0.105. The summed E-state index contributed by atoms with van der Waals surface area (Å²) in [5.74, 6) is -0.944. The number of likely N-dealkylation sites (tertiary alicyclic amines) is 2. The van der Waals surface area contributed by atoms with Crippen molar-refractivity contribution in [2.75, 3.05) is 18.4 Å². The molecule has 1 aromatic carbocycles. The molecule has 3 aliphatic rings. The predicted molar refractivity (Wildman–Crippen MR) is 121 cm³/mol. The Morgan fingerprint density at radius 3 is 2.70 bits per heavy atom. The summed E-state index contributed by atoms with van der Waals surface area (Å²) >= 11 is 0. The Labute approximate surface area is 193 Å². The molecule has 0 unspecified atom stereocenters. The Hall–Kier alpha value is -3.41. The molecule has 4 amide bonds. The van der Waals surface area contributed by atoms with Gasteiger partial charge in [0.1, 0.15) is 17.5 Å². The molecule has 2 fully saturated rings. The van der Waals surface area contributed by atoms with Gasteiger partial charge in [-0.15, -0.1) is 0 Å². The van der Waals surface area contributed by atoms with E-state index in [-0.39, 0.29) is 42.5 Å². The van der Waals surface area contributed by atoms with Crippen LogP contribution in [0.15, 0.2) is 24.3 Å². The first kappa shape index (κ1) is 22.8. The van der Waals surface area contributed by atoms with Crippen molar-refractivity contribution in [3.8, 4) is 0 Å². The number of rotatable bonds is 5. The van der Waals surface area contributed by atoms with E-state index in [1.807, 2.05) is 38.1 Å². The molecular formula is C24H29N5O4. The molecule has 33 heavy (non-hydrogen) atoms. The van der Waals surface area contributed by atoms with Gasteiger partial charge in [-0.1, -0.05) is 32.0 Å². The first-order valence-corrected chi connectivity index (χ1v) is 11.3. The minimum atomic E-state index is -0.961. The number of nitrogens with one attached hydrogen (secondary N) is 2. The van der Waals surface area contributed by atoms with Crippen molar-refractivity contribution >= 4 is 29.3 Å². The van der Waals surface area contributed by atoms with Gasteiger partial charge in [0, 0.05) is 25.7 Å². The molecule has 9 nitrogen and oxygen atoms in total. The summed E-state index contributed by atoms with van der Waals surface area (Å²) in [6.45, 7) is 13.5. The second-order valence-corrected chi connectivity index (χ2v) is 9.58. The molecule has 4 atom stereocenters. The van der Waals surface area contributed by atoms with Gasteiger partial charge in [0.05, 0.1) is 6.42 Å². The van der Waals surface area contributed by atoms with E-state index in [0.29, 0.717) is 25.1 Å². The van der Waals surface area contributed by atoms with E-state index in [0.717, 1.165) is 5.56 Å². The smallest absolute Gasteiger partial charge is 0.302 e. The van der Waals surface area contributed by atoms with Gasteiger partial charge < -0.3 is 15.5 Å². The third-order valence-electron chi connectivity index (χ3n) is 6.86. The standard InChI is InChI=1S/C24H29N5O4/c1-14(2)11-19(28-10-9-18(21(28)31)26-15(3)30)22(32)29-13-24(12-20(29)25-4)16-7-5-6-8-17(16)27-23(24)33/h5-8,14,18-20H,9-13H2,1-3H3,(H,26,30)(H,27,33)/t18-,19-,20-,24-/m0/s1. The molecule has 174 valence electrons. The van der Waals surface area contributed by atoms with Gasteiger partial charge in [-0.2, -0.15) is 0 Å². The highest BCUT2D eigenvalue weighted by Gasteiger charge is 2.59. The fraction of sp³-hybridized carbons (Fsp3) is 0.542. The highest BCUT2D eigenvalue weighted by Crippen LogP contribution is 2.47. The predicted octanol–water partition coefficient (Wildman–Crippen LogP) is 1.51. The topological polar surface area (TPSA) is 103 Å². The van der Waals surface area contributed by atoms with Gasteiger partial charge in [0.25, 0.3) is 5.91 Å². The quantitative estimate of drug-likeness (QED) is 0.663. The molecular weight excluding hydrogens is 422 g/mol. The van der Waals surface area contributed by atoms with Crippen LogP contribution in [0.4, 0.5) is 5.69 Å². The summed E-state index contributed by atoms with van der Waals surface area (Å²) in [7, 11) is 0. The van der Waals surface area contributed by atoms with Crippen molar-refractivity contribution in [3.63, 3.8) is 0 Å². The largest absolute Gasteiger partial charge is 0.344 e. The van der Waals surface area contributed by atoms with E-state index in [1.54, 1.807) is 0 Å². The van der Waals surface area contributed by atoms with Gasteiger partial charge >= 0.3 is 6.17 Å². The highest BCUT2D eigenvalue weighted by molar-refractivity contribution is 6.07. The van der Waals surface area contributed by atoms with Crippen molar-refractivity contribution in [1.29, 1.82) is 0 Å². The number of hydrogen-bond acceptors (Lipinski definition) is 4. The number of para-hydroxylation sites is 1. The molecule has 9 heteroatoms. The number of fused-ring (bicyclic) bond motifs is 2. The summed E-state index contributed by atoms with van der Waals surface area (Å²) in [5.41, 5.74) is 0.562. The monoisotopic (exact) mass is 451 g/mol. The summed E-state index contributed by atoms with van der Waals surface area (Å²) in [4.78, 5) is 58.1. The average molecular weight is 452 g/mol. The lowest BCUT2D eigenvalue weighted by molar-refractivity contribution is -0.145. The van der Waals surface area contributed by atoms with Crippen LogP contribution in [0.5, 0.6) is 0 Å². The molecule has 0 bridgehead atoms. The molecule has 2 saturated heterocycles. The third-order valence-corrected chi connectivity index (χ3v) is 6.86. The van der Waals surface area contributed by atoms with Crippen LogP contribution in [0, 0.1) is 12.5 Å². The van der Waals surface area contributed by atoms with Crippen LogP contribution in [0.25, 0.3) is 4.85 Å². The van der Waals surface area contributed by atoms with Gasteiger partial charge in [-0.05, 0) is 30.4 Å². The van der Waals surface area contributed by atoms with E-state index < -0.39 is 23.7 Å². The lowest BCUT2D eigenvalue weighted by Gasteiger charge is -2.32. The summed E-state index contributed by atoms with van der Waals surface area (Å²) in [5, 5.41) is 5.56. The number of anilines is 1. The molecule has 0 saturated carbocycles. The van der Waals surface area contributed by atoms with Crippen LogP contribution < -0.4 is 10.6 Å². The van der Waals surface area contributed by atoms with E-state index in [2.05, 4.69) is 15.5 Å². The second kappa shape index (κ2) is 8.50. The first-order chi connectivity index (χ1) is 15.7. The highest BCUT2D eigenvalue weighted by atomic mass is 16.2. The summed E-state index contributed by atoms with van der Waals surface area (Å²) in [6.07, 6.45) is 0.315. The van der Waals surface area contributed by atoms with Crippen molar-refractivity contribution in [2.45, 2.75) is 63.7 Å². The number of benzene rings is 1. The molecule has 0 aliphatic carbocycles. The van der Waals surface area contributed by atoms with E-state index in [9.17, 15) is 19.2 Å². The Morgan fingerprint density at radius 1 is 1.30 bits per heavy atom. The number of carbonyl (C=O) groups excluding carboxylic acids is 4. The third kappa shape index (κ3) is 3.84. The number of hydrogen-bond donors (Lipinski definition) is 2. The summed E-state index contributed by atoms with van der Waals surface area (Å²) in [6, 6.07) is 6.01. The summed E-state index contributed by atoms with van der Waals surface area (Å²) < 4.78 is 0. The molecule has 0 aromatic heterocycles. The van der Waals surface area contributed by atoms with Crippen molar-refractivity contribution in [3.05, 3.63) is 41.2 Å². The normalized spacial score (nSPS) is 27.0. The van der Waals surface area contributed by atoms with Gasteiger partial charge in [0.2, 0.25) is 17.7 Å². The van der Waals surface area contributed by atoms with Crippen molar-refractivity contribution < 1.29 is 19.2 Å². The molecule has 1 aromatic rings. The second-order valence-electron chi connectivity index (χ2n) is 9.58. The van der Waals surface area contributed by atoms with Gasteiger partial charge in [-0.25, -0.2) is 6.57 Å². The fourth-order valence-electron chi connectivity index (χ4n) is 5.35. The zero-order chi connectivity index (χ0) is 23.9. The molecule has 4 rings (SSSR count). The maximum atomic E-state index is 13.8. The van der Waals surface area contributed by atoms with Gasteiger partial charge in [0.15, 0.2) is 0 Å². The molecule has 3 aliphatic heterocycles. The van der Waals surface area contributed by atoms with Crippen LogP contribution in [0.2, 0.25) is 0 Å². The average Bonchev–Trinajstić information content (AvgIpc) is 3.41. The zero-order valence-electron chi connectivity index (χ0n) is 19.1. The van der Waals surface area contributed by atoms with E-state index >= 15 is 0 Å². The Balaban J connectivity index is 1.63. The van der Waals surface area contributed by atoms with Crippen LogP contribution in [-0.4, -0.2) is 64.8 Å². The van der Waals surface area contributed by atoms with Crippen LogP contribution in [0.1, 0.15) is 45.6 Å². The van der Waals surface area contributed by atoms with Gasteiger partial charge in [-0.3, -0.25) is 28.9 Å². The first-order valence-electron chi connectivity index (χ1n) is 11.3. The number of amides is 4. The number of nitrogens with zero attached hydrogens (tertiary/aromatic N) is 3. The Morgan fingerprint density at radius 2 is 2.03 bits per heavy atom. The Bertz CT molecular complexity index is 1050. The minimum Gasteiger partial charge on any atom is -0.344 e. The Kier molecular flexibility index (Phi) is 5.87. The lowest BCUT2D eigenvalue weighted by atomic mass is 9.80. The van der Waals surface area contributed by atoms with E-state index in [1.165, 1.54) is 16.7 Å². The van der Waals surface area contributed by atoms with Crippen LogP contribution >= 0.6 is 0 Å². The van der Waals surface area contributed by atoms with Crippen molar-refractivity contribution in [2.24, 2.45) is 5.92 Å². The molecule has 3 heterocycles. The molecule has 1 spiro atoms. The number of carbonyl (C=O) groups is 4. The SMILES string of the molecule is [C-]#[N+][C@@H]1C[C@@]2(CN1C(=O)[C@H](CC(C)C)N1CC[C@H](NC(C)=O)C1=O)C(=O)Nc1ccccc12.